The molecule has 0 unspecified atom stereocenters. The maximum absolute atomic E-state index is 10.7. The summed E-state index contributed by atoms with van der Waals surface area (Å²) in [4.78, 5) is 9.27. The topological polar surface area (TPSA) is 48.8 Å². The lowest BCUT2D eigenvalue weighted by atomic mass is 9.96. The SMILES string of the molecule is C.Cc1ccc(OC[C@@H](O)CN2C[C@@H]3C/C=C\C[C@H]2CN3c2ccc3ccccc3c2)cn1.S.S.S. The third-order valence-corrected chi connectivity index (χ3v) is 6.63. The molecule has 0 aliphatic carbocycles. The Labute approximate surface area is 236 Å². The zero-order valence-electron chi connectivity index (χ0n) is 20.1. The quantitative estimate of drug-likeness (QED) is 0.432. The van der Waals surface area contributed by atoms with Gasteiger partial charge in [0.05, 0.1) is 6.20 Å². The summed E-state index contributed by atoms with van der Waals surface area (Å²) in [5, 5.41) is 13.3. The standard InChI is InChI=1S/C27H31N3O2.CH4.3H2S/c1-20-10-13-27(15-28-20)32-19-26(31)18-29-16-25-9-5-4-8-24(29)17-30(25)23-12-11-21-6-2-3-7-22(21)14-23;;;;/h2-7,10-15,24-26,31H,8-9,16-19H2,1H3;1H4;3*1H2/b5-4-;;;;/t24-,25-,26-;;;;/m0..../s1. The van der Waals surface area contributed by atoms with E-state index in [1.54, 1.807) is 6.20 Å². The Kier molecular flexibility index (Phi) is 13.2. The number of fused-ring (bicyclic) bond motifs is 5. The van der Waals surface area contributed by atoms with Gasteiger partial charge in [-0.3, -0.25) is 9.88 Å². The van der Waals surface area contributed by atoms with Crippen molar-refractivity contribution in [3.8, 4) is 5.75 Å². The first-order valence-corrected chi connectivity index (χ1v) is 11.5. The number of anilines is 1. The minimum atomic E-state index is -0.532. The van der Waals surface area contributed by atoms with Crippen LogP contribution in [0.25, 0.3) is 10.8 Å². The number of aromatic nitrogens is 1. The van der Waals surface area contributed by atoms with Gasteiger partial charge in [-0.1, -0.05) is 49.9 Å². The number of aryl methyl sites for hydroxylation is 1. The van der Waals surface area contributed by atoms with Crippen LogP contribution in [0.3, 0.4) is 0 Å². The molecular formula is C28H41N3O2S3. The lowest BCUT2D eigenvalue weighted by Gasteiger charge is -2.48. The fourth-order valence-corrected chi connectivity index (χ4v) is 4.89. The molecule has 0 spiro atoms. The Morgan fingerprint density at radius 1 is 0.944 bits per heavy atom. The second-order valence-electron chi connectivity index (χ2n) is 8.99. The van der Waals surface area contributed by atoms with E-state index in [0.717, 1.165) is 31.6 Å². The summed E-state index contributed by atoms with van der Waals surface area (Å²) in [6.45, 7) is 4.78. The first-order valence-electron chi connectivity index (χ1n) is 11.5. The zero-order valence-corrected chi connectivity index (χ0v) is 23.1. The van der Waals surface area contributed by atoms with Gasteiger partial charge in [0, 0.05) is 43.1 Å². The Bertz CT molecular complexity index is 1100. The number of aliphatic hydroxyl groups is 1. The van der Waals surface area contributed by atoms with Crippen molar-refractivity contribution in [2.45, 2.75) is 45.4 Å². The van der Waals surface area contributed by atoms with Crippen LogP contribution in [0.4, 0.5) is 5.69 Å². The van der Waals surface area contributed by atoms with Crippen LogP contribution in [0.2, 0.25) is 0 Å². The Hall–Kier alpha value is -1.84. The van der Waals surface area contributed by atoms with Gasteiger partial charge in [0.1, 0.15) is 18.5 Å². The molecule has 1 aromatic heterocycles. The van der Waals surface area contributed by atoms with Crippen molar-refractivity contribution in [2.75, 3.05) is 31.1 Å². The number of rotatable bonds is 6. The van der Waals surface area contributed by atoms with Crippen LogP contribution in [0.15, 0.2) is 72.9 Å². The van der Waals surface area contributed by atoms with E-state index in [1.165, 1.54) is 16.5 Å². The van der Waals surface area contributed by atoms with Gasteiger partial charge < -0.3 is 14.7 Å². The number of benzene rings is 2. The predicted molar refractivity (Wildman–Crippen MR) is 167 cm³/mol. The third-order valence-electron chi connectivity index (χ3n) is 6.63. The van der Waals surface area contributed by atoms with E-state index in [-0.39, 0.29) is 54.5 Å². The highest BCUT2D eigenvalue weighted by Crippen LogP contribution is 2.31. The largest absolute Gasteiger partial charge is 0.489 e. The molecule has 3 atom stereocenters. The lowest BCUT2D eigenvalue weighted by Crippen LogP contribution is -2.60. The molecule has 3 aliphatic heterocycles. The second-order valence-corrected chi connectivity index (χ2v) is 8.99. The Morgan fingerprint density at radius 3 is 2.39 bits per heavy atom. The molecule has 4 heterocycles. The van der Waals surface area contributed by atoms with Crippen LogP contribution < -0.4 is 9.64 Å². The van der Waals surface area contributed by atoms with Gasteiger partial charge in [-0.2, -0.15) is 40.5 Å². The average molecular weight is 548 g/mol. The van der Waals surface area contributed by atoms with E-state index in [9.17, 15) is 5.11 Å². The van der Waals surface area contributed by atoms with E-state index in [0.29, 0.717) is 24.4 Å². The van der Waals surface area contributed by atoms with Crippen molar-refractivity contribution in [1.82, 2.24) is 9.88 Å². The minimum absolute atomic E-state index is 0. The molecule has 36 heavy (non-hydrogen) atoms. The molecule has 0 amide bonds. The number of hydrogen-bond acceptors (Lipinski definition) is 5. The van der Waals surface area contributed by atoms with Crippen molar-refractivity contribution in [3.05, 3.63) is 78.6 Å². The van der Waals surface area contributed by atoms with Gasteiger partial charge >= 0.3 is 0 Å². The van der Waals surface area contributed by atoms with Gasteiger partial charge in [0.25, 0.3) is 0 Å². The van der Waals surface area contributed by atoms with E-state index in [1.807, 2.05) is 19.1 Å². The molecular weight excluding hydrogens is 507 g/mol. The predicted octanol–water partition coefficient (Wildman–Crippen LogP) is 5.17. The van der Waals surface area contributed by atoms with E-state index >= 15 is 0 Å². The molecule has 198 valence electrons. The summed E-state index contributed by atoms with van der Waals surface area (Å²) in [5.41, 5.74) is 2.25. The van der Waals surface area contributed by atoms with Crippen LogP contribution in [-0.4, -0.2) is 59.4 Å². The molecule has 2 bridgehead atoms. The van der Waals surface area contributed by atoms with Gasteiger partial charge in [-0.15, -0.1) is 0 Å². The van der Waals surface area contributed by atoms with Gasteiger partial charge in [-0.05, 0) is 54.8 Å². The van der Waals surface area contributed by atoms with E-state index in [4.69, 9.17) is 4.74 Å². The number of pyridine rings is 1. The summed E-state index contributed by atoms with van der Waals surface area (Å²) >= 11 is 0. The van der Waals surface area contributed by atoms with Crippen molar-refractivity contribution in [3.63, 3.8) is 0 Å². The van der Waals surface area contributed by atoms with Crippen molar-refractivity contribution in [1.29, 1.82) is 0 Å². The first kappa shape index (κ1) is 32.2. The Balaban J connectivity index is 0.00000162. The molecule has 3 aromatic rings. The average Bonchev–Trinajstić information content (AvgIpc) is 2.79. The summed E-state index contributed by atoms with van der Waals surface area (Å²) in [6.07, 6.45) is 7.85. The maximum atomic E-state index is 10.7. The number of aliphatic hydroxyl groups excluding tert-OH is 1. The van der Waals surface area contributed by atoms with E-state index in [2.05, 4.69) is 69.4 Å². The number of hydrogen-bond donors (Lipinski definition) is 1. The number of ether oxygens (including phenoxy) is 1. The highest BCUT2D eigenvalue weighted by atomic mass is 32.1. The Morgan fingerprint density at radius 2 is 1.67 bits per heavy atom. The summed E-state index contributed by atoms with van der Waals surface area (Å²) < 4.78 is 5.77. The summed E-state index contributed by atoms with van der Waals surface area (Å²) in [7, 11) is 0. The van der Waals surface area contributed by atoms with Gasteiger partial charge in [-0.25, -0.2) is 0 Å². The molecule has 1 saturated heterocycles. The maximum Gasteiger partial charge on any atom is 0.137 e. The highest BCUT2D eigenvalue weighted by molar-refractivity contribution is 7.59. The molecule has 0 saturated carbocycles. The summed E-state index contributed by atoms with van der Waals surface area (Å²) in [5.74, 6) is 0.703. The summed E-state index contributed by atoms with van der Waals surface area (Å²) in [6, 6.07) is 20.0. The molecule has 8 heteroatoms. The van der Waals surface area contributed by atoms with E-state index < -0.39 is 6.10 Å². The van der Waals surface area contributed by atoms with Crippen molar-refractivity contribution < 1.29 is 9.84 Å². The van der Waals surface area contributed by atoms with Crippen LogP contribution >= 0.6 is 40.5 Å². The van der Waals surface area contributed by atoms with Gasteiger partial charge in [0.15, 0.2) is 0 Å². The molecule has 1 fully saturated rings. The number of piperazine rings is 1. The highest BCUT2D eigenvalue weighted by Gasteiger charge is 2.35. The second kappa shape index (κ2) is 14.8. The normalized spacial score (nSPS) is 20.4. The first-order chi connectivity index (χ1) is 15.7. The third kappa shape index (κ3) is 7.59. The molecule has 5 nitrogen and oxygen atoms in total. The fourth-order valence-electron chi connectivity index (χ4n) is 4.89. The monoisotopic (exact) mass is 547 g/mol. The molecule has 2 aromatic carbocycles. The van der Waals surface area contributed by atoms with Crippen molar-refractivity contribution in [2.24, 2.45) is 0 Å². The fraction of sp³-hybridized carbons (Fsp3) is 0.393. The van der Waals surface area contributed by atoms with Crippen LogP contribution in [0, 0.1) is 6.92 Å². The smallest absolute Gasteiger partial charge is 0.137 e. The van der Waals surface area contributed by atoms with Crippen LogP contribution in [-0.2, 0) is 0 Å². The molecule has 0 radical (unpaired) electrons. The van der Waals surface area contributed by atoms with Crippen LogP contribution in [0.5, 0.6) is 5.75 Å². The van der Waals surface area contributed by atoms with Gasteiger partial charge in [0.2, 0.25) is 0 Å². The molecule has 6 rings (SSSR count). The molecule has 3 aliphatic rings. The van der Waals surface area contributed by atoms with Crippen LogP contribution in [0.1, 0.15) is 26.0 Å². The lowest BCUT2D eigenvalue weighted by molar-refractivity contribution is 0.0404. The van der Waals surface area contributed by atoms with Crippen molar-refractivity contribution >= 4 is 56.9 Å². The minimum Gasteiger partial charge on any atom is -0.489 e. The molecule has 1 N–H and O–H groups in total. The number of nitrogens with zero attached hydrogens (tertiary/aromatic N) is 3. The zero-order chi connectivity index (χ0) is 21.9.